The Morgan fingerprint density at radius 3 is 2.69 bits per heavy atom. The van der Waals surface area contributed by atoms with E-state index in [1.165, 1.54) is 25.3 Å². The third-order valence-electron chi connectivity index (χ3n) is 5.64. The number of amides is 1. The number of thiophene rings is 1. The molecule has 1 aromatic heterocycles. The van der Waals surface area contributed by atoms with Gasteiger partial charge in [-0.1, -0.05) is 38.5 Å². The number of ether oxygens (including phenoxy) is 1. The van der Waals surface area contributed by atoms with E-state index in [0.29, 0.717) is 29.8 Å². The first-order chi connectivity index (χ1) is 15.2. The van der Waals surface area contributed by atoms with Gasteiger partial charge in [0.2, 0.25) is 5.91 Å². The Kier molecular flexibility index (Phi) is 7.68. The van der Waals surface area contributed by atoms with Crippen LogP contribution in [-0.4, -0.2) is 38.8 Å². The maximum atomic E-state index is 13.9. The molecule has 1 amide bonds. The number of nitrogens with one attached hydrogen (secondary N) is 1. The highest BCUT2D eigenvalue weighted by atomic mass is 32.2. The summed E-state index contributed by atoms with van der Waals surface area (Å²) in [5, 5.41) is 0. The Labute approximate surface area is 191 Å². The summed E-state index contributed by atoms with van der Waals surface area (Å²) >= 11 is 0.959. The average molecular weight is 483 g/mol. The van der Waals surface area contributed by atoms with Gasteiger partial charge >= 0.3 is 5.97 Å². The molecule has 3 rings (SSSR count). The number of rotatable bonds is 8. The molecule has 1 aromatic carbocycles. The van der Waals surface area contributed by atoms with Crippen LogP contribution in [0.5, 0.6) is 0 Å². The Bertz CT molecular complexity index is 1110. The van der Waals surface area contributed by atoms with Crippen molar-refractivity contribution in [2.75, 3.05) is 13.7 Å². The van der Waals surface area contributed by atoms with Gasteiger partial charge < -0.3 is 9.64 Å². The number of halogens is 1. The van der Waals surface area contributed by atoms with Gasteiger partial charge in [0.05, 0.1) is 19.2 Å². The second-order valence-electron chi connectivity index (χ2n) is 7.86. The minimum Gasteiger partial charge on any atom is -0.465 e. The van der Waals surface area contributed by atoms with Gasteiger partial charge in [-0.2, -0.15) is 0 Å². The fourth-order valence-corrected chi connectivity index (χ4v) is 6.49. The molecule has 10 heteroatoms. The SMILES string of the molecule is CC[C@H](C)CC(=O)N1CCc2c(sc(S(=O)(=O)NCc3ccccc3F)c2C(=O)OC)C1. The fraction of sp³-hybridized carbons (Fsp3) is 0.455. The van der Waals surface area contributed by atoms with Gasteiger partial charge in [0.1, 0.15) is 10.0 Å². The summed E-state index contributed by atoms with van der Waals surface area (Å²) in [6, 6.07) is 5.86. The highest BCUT2D eigenvalue weighted by Crippen LogP contribution is 2.37. The lowest BCUT2D eigenvalue weighted by atomic mass is 10.0. The molecule has 1 atom stereocenters. The number of sulfonamides is 1. The maximum Gasteiger partial charge on any atom is 0.340 e. The Hall–Kier alpha value is -2.30. The fourth-order valence-electron chi connectivity index (χ4n) is 3.54. The summed E-state index contributed by atoms with van der Waals surface area (Å²) in [5.74, 6) is -0.992. The summed E-state index contributed by atoms with van der Waals surface area (Å²) in [6.07, 6.45) is 1.69. The Morgan fingerprint density at radius 2 is 2.03 bits per heavy atom. The van der Waals surface area contributed by atoms with Crippen LogP contribution in [-0.2, 0) is 39.1 Å². The average Bonchev–Trinajstić information content (AvgIpc) is 3.17. The van der Waals surface area contributed by atoms with E-state index in [1.54, 1.807) is 11.0 Å². The van der Waals surface area contributed by atoms with Crippen LogP contribution < -0.4 is 4.72 Å². The van der Waals surface area contributed by atoms with E-state index in [-0.39, 0.29) is 40.3 Å². The molecule has 0 radical (unpaired) electrons. The molecule has 0 bridgehead atoms. The standard InChI is InChI=1S/C22H27FN2O5S2/c1-4-14(2)11-19(26)25-10-9-16-18(13-25)31-22(20(16)21(27)30-3)32(28,29)24-12-15-7-5-6-8-17(15)23/h5-8,14,24H,4,9-13H2,1-3H3/t14-/m0/s1. The maximum absolute atomic E-state index is 13.9. The first-order valence-corrected chi connectivity index (χ1v) is 12.7. The second kappa shape index (κ2) is 10.1. The summed E-state index contributed by atoms with van der Waals surface area (Å²) < 4.78 is 47.1. The highest BCUT2D eigenvalue weighted by molar-refractivity contribution is 7.91. The Morgan fingerprint density at radius 1 is 1.31 bits per heavy atom. The molecule has 2 heterocycles. The lowest BCUT2D eigenvalue weighted by Gasteiger charge is -2.28. The lowest BCUT2D eigenvalue weighted by Crippen LogP contribution is -2.36. The zero-order valence-electron chi connectivity index (χ0n) is 18.3. The van der Waals surface area contributed by atoms with Gasteiger partial charge in [0, 0.05) is 30.0 Å². The van der Waals surface area contributed by atoms with Crippen molar-refractivity contribution in [1.82, 2.24) is 9.62 Å². The van der Waals surface area contributed by atoms with E-state index < -0.39 is 21.8 Å². The van der Waals surface area contributed by atoms with Gasteiger partial charge in [-0.05, 0) is 24.0 Å². The number of carbonyl (C=O) groups is 2. The number of hydrogen-bond acceptors (Lipinski definition) is 6. The molecule has 174 valence electrons. The normalized spacial score (nSPS) is 14.7. The smallest absolute Gasteiger partial charge is 0.340 e. The monoisotopic (exact) mass is 482 g/mol. The van der Waals surface area contributed by atoms with Crippen LogP contribution in [0.4, 0.5) is 4.39 Å². The van der Waals surface area contributed by atoms with Crippen LogP contribution in [0.25, 0.3) is 0 Å². The predicted octanol–water partition coefficient (Wildman–Crippen LogP) is 3.47. The molecule has 2 aromatic rings. The number of methoxy groups -OCH3 is 1. The van der Waals surface area contributed by atoms with Gasteiger partial charge in [0.15, 0.2) is 0 Å². The number of carbonyl (C=O) groups excluding carboxylic acids is 2. The first kappa shape index (κ1) is 24.3. The molecular weight excluding hydrogens is 455 g/mol. The van der Waals surface area contributed by atoms with E-state index in [4.69, 9.17) is 4.74 Å². The van der Waals surface area contributed by atoms with Crippen molar-refractivity contribution in [1.29, 1.82) is 0 Å². The molecule has 0 saturated heterocycles. The summed E-state index contributed by atoms with van der Waals surface area (Å²) in [7, 11) is -2.92. The molecule has 0 aliphatic carbocycles. The van der Waals surface area contributed by atoms with Gasteiger partial charge in [-0.25, -0.2) is 22.3 Å². The van der Waals surface area contributed by atoms with Crippen LogP contribution in [0.15, 0.2) is 28.5 Å². The van der Waals surface area contributed by atoms with E-state index >= 15 is 0 Å². The molecule has 0 spiro atoms. The van der Waals surface area contributed by atoms with E-state index in [2.05, 4.69) is 4.72 Å². The molecule has 7 nitrogen and oxygen atoms in total. The zero-order chi connectivity index (χ0) is 23.5. The van der Waals surface area contributed by atoms with Gasteiger partial charge in [0.25, 0.3) is 10.0 Å². The zero-order valence-corrected chi connectivity index (χ0v) is 19.9. The number of fused-ring (bicyclic) bond motifs is 1. The van der Waals surface area contributed by atoms with Crippen LogP contribution in [0.3, 0.4) is 0 Å². The van der Waals surface area contributed by atoms with E-state index in [1.807, 2.05) is 13.8 Å². The third-order valence-corrected chi connectivity index (χ3v) is 8.78. The molecular formula is C22H27FN2O5S2. The molecule has 1 aliphatic rings. The highest BCUT2D eigenvalue weighted by Gasteiger charge is 2.35. The molecule has 0 unspecified atom stereocenters. The van der Waals surface area contributed by atoms with Crippen molar-refractivity contribution in [3.8, 4) is 0 Å². The number of benzene rings is 1. The van der Waals surface area contributed by atoms with E-state index in [0.717, 1.165) is 17.8 Å². The van der Waals surface area contributed by atoms with Crippen LogP contribution in [0.2, 0.25) is 0 Å². The van der Waals surface area contributed by atoms with Crippen molar-refractivity contribution < 1.29 is 27.1 Å². The minimum atomic E-state index is -4.12. The number of esters is 1. The Balaban J connectivity index is 1.89. The molecule has 1 N–H and O–H groups in total. The molecule has 1 aliphatic heterocycles. The van der Waals surface area contributed by atoms with Crippen molar-refractivity contribution in [2.24, 2.45) is 5.92 Å². The van der Waals surface area contributed by atoms with Crippen LogP contribution in [0.1, 0.15) is 53.1 Å². The van der Waals surface area contributed by atoms with Crippen molar-refractivity contribution in [3.63, 3.8) is 0 Å². The van der Waals surface area contributed by atoms with Crippen LogP contribution >= 0.6 is 11.3 Å². The van der Waals surface area contributed by atoms with Crippen molar-refractivity contribution in [2.45, 2.75) is 50.4 Å². The molecule has 0 saturated carbocycles. The number of nitrogens with zero attached hydrogens (tertiary/aromatic N) is 1. The first-order valence-electron chi connectivity index (χ1n) is 10.4. The van der Waals surface area contributed by atoms with Gasteiger partial charge in [-0.15, -0.1) is 11.3 Å². The third kappa shape index (κ3) is 5.19. The second-order valence-corrected chi connectivity index (χ2v) is 10.9. The lowest BCUT2D eigenvalue weighted by molar-refractivity contribution is -0.133. The van der Waals surface area contributed by atoms with Crippen molar-refractivity contribution >= 4 is 33.2 Å². The topological polar surface area (TPSA) is 92.8 Å². The van der Waals surface area contributed by atoms with Gasteiger partial charge in [-0.3, -0.25) is 4.79 Å². The van der Waals surface area contributed by atoms with Crippen molar-refractivity contribution in [3.05, 3.63) is 51.7 Å². The molecule has 32 heavy (non-hydrogen) atoms. The summed E-state index contributed by atoms with van der Waals surface area (Å²) in [4.78, 5) is 27.5. The molecule has 0 fully saturated rings. The predicted molar refractivity (Wildman–Crippen MR) is 119 cm³/mol. The van der Waals surface area contributed by atoms with E-state index in [9.17, 15) is 22.4 Å². The summed E-state index contributed by atoms with van der Waals surface area (Å²) in [6.45, 7) is 4.45. The largest absolute Gasteiger partial charge is 0.465 e. The minimum absolute atomic E-state index is 0.00237. The quantitative estimate of drug-likeness (QED) is 0.582. The number of hydrogen-bond donors (Lipinski definition) is 1. The van der Waals surface area contributed by atoms with Crippen LogP contribution in [0, 0.1) is 11.7 Å². The summed E-state index contributed by atoms with van der Waals surface area (Å²) in [5.41, 5.74) is 0.794.